The van der Waals surface area contributed by atoms with Crippen molar-refractivity contribution in [3.8, 4) is 0 Å². The van der Waals surface area contributed by atoms with Crippen molar-refractivity contribution < 1.29 is 24.5 Å². The molecule has 1 fully saturated rings. The van der Waals surface area contributed by atoms with Gasteiger partial charge in [-0.25, -0.2) is 0 Å². The lowest BCUT2D eigenvalue weighted by Gasteiger charge is -2.39. The van der Waals surface area contributed by atoms with Crippen LogP contribution in [0.15, 0.2) is 0 Å². The molecule has 0 aromatic heterocycles. The van der Waals surface area contributed by atoms with Crippen LogP contribution in [0.2, 0.25) is 0 Å². The Hall–Kier alpha value is -0.300. The molecule has 1 aliphatic rings. The number of thioether (sulfide) groups is 1. The van der Waals surface area contributed by atoms with Gasteiger partial charge in [0.05, 0.1) is 37.8 Å². The second-order valence-electron chi connectivity index (χ2n) is 4.67. The molecule has 5 nitrogen and oxygen atoms in total. The molecule has 0 amide bonds. The summed E-state index contributed by atoms with van der Waals surface area (Å²) in [6.07, 6.45) is 0.586. The highest BCUT2D eigenvalue weighted by Gasteiger charge is 2.38. The van der Waals surface area contributed by atoms with E-state index >= 15 is 0 Å². The number of hydrogen-bond donors (Lipinski definition) is 2. The van der Waals surface area contributed by atoms with E-state index in [9.17, 15) is 4.79 Å². The van der Waals surface area contributed by atoms with Gasteiger partial charge in [-0.05, 0) is 6.42 Å². The van der Waals surface area contributed by atoms with Crippen molar-refractivity contribution in [1.29, 1.82) is 0 Å². The van der Waals surface area contributed by atoms with Gasteiger partial charge in [0.2, 0.25) is 0 Å². The van der Waals surface area contributed by atoms with E-state index in [0.29, 0.717) is 37.7 Å². The summed E-state index contributed by atoms with van der Waals surface area (Å²) < 4.78 is 10.4. The number of esters is 1. The van der Waals surface area contributed by atoms with Crippen molar-refractivity contribution in [3.05, 3.63) is 0 Å². The average molecular weight is 278 g/mol. The molecule has 1 rings (SSSR count). The summed E-state index contributed by atoms with van der Waals surface area (Å²) in [5.74, 6) is 0.836. The number of aliphatic hydroxyl groups excluding tert-OH is 2. The van der Waals surface area contributed by atoms with Crippen LogP contribution in [0, 0.1) is 5.41 Å². The highest BCUT2D eigenvalue weighted by Crippen LogP contribution is 2.31. The smallest absolute Gasteiger partial charge is 0.306 e. The normalized spacial score (nSPS) is 19.1. The number of aliphatic hydroxyl groups is 2. The van der Waals surface area contributed by atoms with E-state index in [2.05, 4.69) is 6.92 Å². The van der Waals surface area contributed by atoms with Crippen LogP contribution in [-0.2, 0) is 14.3 Å². The Labute approximate surface area is 112 Å². The molecule has 0 radical (unpaired) electrons. The number of ether oxygens (including phenoxy) is 2. The maximum absolute atomic E-state index is 11.5. The monoisotopic (exact) mass is 278 g/mol. The maximum Gasteiger partial charge on any atom is 0.306 e. The van der Waals surface area contributed by atoms with E-state index in [1.54, 1.807) is 0 Å². The minimum absolute atomic E-state index is 0.0376. The molecule has 0 bridgehead atoms. The second kappa shape index (κ2) is 7.99. The van der Waals surface area contributed by atoms with Crippen molar-refractivity contribution in [2.45, 2.75) is 25.9 Å². The van der Waals surface area contributed by atoms with Crippen molar-refractivity contribution in [2.24, 2.45) is 5.41 Å². The van der Waals surface area contributed by atoms with Gasteiger partial charge in [0.1, 0.15) is 6.61 Å². The SMILES string of the molecule is CCC1(COC(=O)CCSCC(O)CO)COC1. The zero-order chi connectivity index (χ0) is 13.4. The molecule has 106 valence electrons. The summed E-state index contributed by atoms with van der Waals surface area (Å²) >= 11 is 1.44. The van der Waals surface area contributed by atoms with Crippen LogP contribution in [0.4, 0.5) is 0 Å². The van der Waals surface area contributed by atoms with Crippen molar-refractivity contribution >= 4 is 17.7 Å². The first-order valence-corrected chi connectivity index (χ1v) is 7.37. The molecule has 2 N–H and O–H groups in total. The minimum atomic E-state index is -0.707. The van der Waals surface area contributed by atoms with Gasteiger partial charge in [-0.1, -0.05) is 6.92 Å². The van der Waals surface area contributed by atoms with Crippen LogP contribution in [-0.4, -0.2) is 60.2 Å². The van der Waals surface area contributed by atoms with Gasteiger partial charge in [0.15, 0.2) is 0 Å². The largest absolute Gasteiger partial charge is 0.465 e. The average Bonchev–Trinajstić information content (AvgIpc) is 2.33. The number of carbonyl (C=O) groups excluding carboxylic acids is 1. The summed E-state index contributed by atoms with van der Waals surface area (Å²) in [6, 6.07) is 0. The third-order valence-corrected chi connectivity index (χ3v) is 4.19. The van der Waals surface area contributed by atoms with Crippen molar-refractivity contribution in [1.82, 2.24) is 0 Å². The zero-order valence-corrected chi connectivity index (χ0v) is 11.6. The fourth-order valence-electron chi connectivity index (χ4n) is 1.51. The predicted molar refractivity (Wildman–Crippen MR) is 69.5 cm³/mol. The van der Waals surface area contributed by atoms with Crippen LogP contribution in [0.3, 0.4) is 0 Å². The van der Waals surface area contributed by atoms with E-state index in [1.807, 2.05) is 0 Å². The zero-order valence-electron chi connectivity index (χ0n) is 10.8. The number of hydrogen-bond acceptors (Lipinski definition) is 6. The number of carbonyl (C=O) groups is 1. The Morgan fingerprint density at radius 1 is 1.56 bits per heavy atom. The van der Waals surface area contributed by atoms with Gasteiger partial charge in [-0.3, -0.25) is 4.79 Å². The molecule has 0 aromatic carbocycles. The van der Waals surface area contributed by atoms with Gasteiger partial charge in [0, 0.05) is 11.5 Å². The van der Waals surface area contributed by atoms with Crippen LogP contribution in [0.5, 0.6) is 0 Å². The Morgan fingerprint density at radius 3 is 2.78 bits per heavy atom. The molecular weight excluding hydrogens is 256 g/mol. The lowest BCUT2D eigenvalue weighted by molar-refractivity contribution is -0.170. The first kappa shape index (κ1) is 15.8. The van der Waals surface area contributed by atoms with Crippen LogP contribution in [0.25, 0.3) is 0 Å². The quantitative estimate of drug-likeness (QED) is 0.470. The standard InChI is InChI=1S/C12H22O5S/c1-2-12(7-16-8-12)9-17-11(15)3-4-18-6-10(14)5-13/h10,13-14H,2-9H2,1H3. The predicted octanol–water partition coefficient (Wildman–Crippen LogP) is 0.433. The number of rotatable bonds is 9. The highest BCUT2D eigenvalue weighted by atomic mass is 32.2. The van der Waals surface area contributed by atoms with Gasteiger partial charge >= 0.3 is 5.97 Å². The van der Waals surface area contributed by atoms with Crippen LogP contribution >= 0.6 is 11.8 Å². The third kappa shape index (κ3) is 5.14. The Kier molecular flexibility index (Phi) is 6.99. The minimum Gasteiger partial charge on any atom is -0.465 e. The van der Waals surface area contributed by atoms with Crippen LogP contribution in [0.1, 0.15) is 19.8 Å². The third-order valence-electron chi connectivity index (χ3n) is 3.08. The summed E-state index contributed by atoms with van der Waals surface area (Å²) in [5, 5.41) is 17.7. The lowest BCUT2D eigenvalue weighted by atomic mass is 9.84. The highest BCUT2D eigenvalue weighted by molar-refractivity contribution is 7.99. The molecule has 6 heteroatoms. The maximum atomic E-state index is 11.5. The molecule has 1 aliphatic heterocycles. The fraction of sp³-hybridized carbons (Fsp3) is 0.917. The molecule has 0 aliphatic carbocycles. The van der Waals surface area contributed by atoms with Gasteiger partial charge < -0.3 is 19.7 Å². The van der Waals surface area contributed by atoms with E-state index in [1.165, 1.54) is 11.8 Å². The summed E-state index contributed by atoms with van der Waals surface area (Å²) in [6.45, 7) is 3.62. The van der Waals surface area contributed by atoms with Gasteiger partial charge in [-0.2, -0.15) is 11.8 Å². The first-order chi connectivity index (χ1) is 8.62. The summed E-state index contributed by atoms with van der Waals surface area (Å²) in [7, 11) is 0. The molecule has 0 spiro atoms. The van der Waals surface area contributed by atoms with E-state index < -0.39 is 6.10 Å². The lowest BCUT2D eigenvalue weighted by Crippen LogP contribution is -2.46. The molecule has 1 atom stereocenters. The molecular formula is C12H22O5S. The Balaban J connectivity index is 2.03. The molecule has 1 heterocycles. The Morgan fingerprint density at radius 2 is 2.28 bits per heavy atom. The van der Waals surface area contributed by atoms with Crippen LogP contribution < -0.4 is 0 Å². The molecule has 1 unspecified atom stereocenters. The van der Waals surface area contributed by atoms with E-state index in [0.717, 1.165) is 6.42 Å². The molecule has 1 saturated heterocycles. The topological polar surface area (TPSA) is 76.0 Å². The molecule has 0 saturated carbocycles. The second-order valence-corrected chi connectivity index (χ2v) is 5.82. The molecule has 0 aromatic rings. The fourth-order valence-corrected chi connectivity index (χ4v) is 2.37. The summed E-state index contributed by atoms with van der Waals surface area (Å²) in [4.78, 5) is 11.5. The summed E-state index contributed by atoms with van der Waals surface area (Å²) in [5.41, 5.74) is 0.0376. The molecule has 18 heavy (non-hydrogen) atoms. The van der Waals surface area contributed by atoms with Crippen molar-refractivity contribution in [2.75, 3.05) is 37.9 Å². The van der Waals surface area contributed by atoms with Crippen molar-refractivity contribution in [3.63, 3.8) is 0 Å². The van der Waals surface area contributed by atoms with Gasteiger partial charge in [0.25, 0.3) is 0 Å². The Bertz CT molecular complexity index is 249. The first-order valence-electron chi connectivity index (χ1n) is 6.22. The van der Waals surface area contributed by atoms with E-state index in [4.69, 9.17) is 19.7 Å². The van der Waals surface area contributed by atoms with Gasteiger partial charge in [-0.15, -0.1) is 0 Å². The van der Waals surface area contributed by atoms with E-state index in [-0.39, 0.29) is 18.0 Å².